The van der Waals surface area contributed by atoms with Crippen LogP contribution in [0.3, 0.4) is 0 Å². The van der Waals surface area contributed by atoms with Crippen LogP contribution in [0, 0.1) is 0 Å². The summed E-state index contributed by atoms with van der Waals surface area (Å²) in [7, 11) is -1.38. The zero-order valence-corrected chi connectivity index (χ0v) is 26.5. The van der Waals surface area contributed by atoms with Crippen LogP contribution in [0.5, 0.6) is 0 Å². The van der Waals surface area contributed by atoms with Gasteiger partial charge in [0, 0.05) is 25.3 Å². The van der Waals surface area contributed by atoms with Gasteiger partial charge in [-0.2, -0.15) is 0 Å². The lowest BCUT2D eigenvalue weighted by Gasteiger charge is -1.97. The monoisotopic (exact) mass is 762 g/mol. The van der Waals surface area contributed by atoms with Crippen LogP contribution in [0.15, 0.2) is 72.2 Å². The molecule has 0 unspecified atom stereocenters. The summed E-state index contributed by atoms with van der Waals surface area (Å²) in [4.78, 5) is 30.6. The Morgan fingerprint density at radius 2 is 1.38 bits per heavy atom. The zero-order chi connectivity index (χ0) is 28.1. The van der Waals surface area contributed by atoms with Gasteiger partial charge in [-0.3, -0.25) is 0 Å². The lowest BCUT2D eigenvalue weighted by atomic mass is 9.81. The summed E-state index contributed by atoms with van der Waals surface area (Å²) in [5.74, 6) is -0.737. The summed E-state index contributed by atoms with van der Waals surface area (Å²) in [6, 6.07) is 14.7. The van der Waals surface area contributed by atoms with Crippen molar-refractivity contribution >= 4 is 95.0 Å². The molecule has 2 aromatic carbocycles. The van der Waals surface area contributed by atoms with Crippen LogP contribution in [0.4, 0.5) is 0 Å². The molecule has 4 rings (SSSR count). The number of thiazole rings is 2. The van der Waals surface area contributed by atoms with Gasteiger partial charge in [0.1, 0.15) is 5.01 Å². The van der Waals surface area contributed by atoms with Crippen molar-refractivity contribution in [3.05, 3.63) is 83.5 Å². The fourth-order valence-electron chi connectivity index (χ4n) is 2.54. The normalized spacial score (nSPS) is 9.62. The van der Waals surface area contributed by atoms with Crippen molar-refractivity contribution in [3.63, 3.8) is 0 Å². The van der Waals surface area contributed by atoms with Crippen LogP contribution < -0.4 is 5.46 Å². The molecule has 0 bridgehead atoms. The Labute approximate surface area is 261 Å². The van der Waals surface area contributed by atoms with Gasteiger partial charge in [-0.05, 0) is 59.5 Å². The highest BCUT2D eigenvalue weighted by atomic mass is 79.9. The molecule has 4 aromatic rings. The van der Waals surface area contributed by atoms with E-state index < -0.39 is 7.12 Å². The largest absolute Gasteiger partial charge is 0.488 e. The van der Waals surface area contributed by atoms with Crippen molar-refractivity contribution in [2.45, 2.75) is 21.3 Å². The molecule has 2 aromatic heterocycles. The fourth-order valence-corrected chi connectivity index (χ4v) is 5.13. The number of nitrogens with zero attached hydrogens (tertiary/aromatic N) is 2. The van der Waals surface area contributed by atoms with Crippen molar-refractivity contribution in [2.75, 3.05) is 13.2 Å². The third-order valence-electron chi connectivity index (χ3n) is 4.17. The number of hydrogen-bond acceptors (Lipinski definition) is 10. The Balaban J connectivity index is 0.000000303. The number of rotatable bonds is 6. The fraction of sp³-hybridized carbons (Fsp3) is 0.200. The molecule has 2 heterocycles. The summed E-state index contributed by atoms with van der Waals surface area (Å²) in [6.45, 7) is 4.29. The molecule has 2 N–H and O–H groups in total. The van der Waals surface area contributed by atoms with E-state index in [0.717, 1.165) is 19.5 Å². The number of ether oxygens (including phenoxy) is 2. The number of aromatic nitrogens is 2. The molecular weight excluding hydrogens is 739 g/mol. The van der Waals surface area contributed by atoms with Gasteiger partial charge in [0.2, 0.25) is 0 Å². The smallest absolute Gasteiger partial charge is 0.461 e. The van der Waals surface area contributed by atoms with Crippen LogP contribution in [-0.4, -0.2) is 52.3 Å². The molecule has 0 spiro atoms. The van der Waals surface area contributed by atoms with E-state index in [1.54, 1.807) is 42.8 Å². The molecule has 8 nitrogen and oxygen atoms in total. The highest BCUT2D eigenvalue weighted by Gasteiger charge is 2.13. The highest BCUT2D eigenvalue weighted by molar-refractivity contribution is 9.11. The summed E-state index contributed by atoms with van der Waals surface area (Å²) in [5.41, 5.74) is 2.21. The van der Waals surface area contributed by atoms with Gasteiger partial charge in [0.15, 0.2) is 15.3 Å². The second kappa shape index (κ2) is 18.4. The quantitative estimate of drug-likeness (QED) is 0.167. The first-order valence-corrected chi connectivity index (χ1v) is 15.1. The molecule has 0 aliphatic heterocycles. The Morgan fingerprint density at radius 3 is 1.85 bits per heavy atom. The summed E-state index contributed by atoms with van der Waals surface area (Å²) in [6.07, 6.45) is 0. The Morgan fingerprint density at radius 1 is 0.846 bits per heavy atom. The third kappa shape index (κ3) is 12.4. The number of carbonyl (C=O) groups excluding carboxylic acids is 2. The van der Waals surface area contributed by atoms with Crippen LogP contribution in [-0.2, 0) is 9.47 Å². The Hall–Kier alpha value is -1.94. The van der Waals surface area contributed by atoms with Gasteiger partial charge in [-0.1, -0.05) is 63.6 Å². The first kappa shape index (κ1) is 35.1. The summed E-state index contributed by atoms with van der Waals surface area (Å²) >= 11 is 12.6. The SMILES string of the molecule is C.CCOC(=O)c1csc(-c2cccc(Br)c2)n1.CCOC(=O)c1csc(Br)n1.OB(O)c1cccc(Br)c1. The van der Waals surface area contributed by atoms with Crippen LogP contribution in [0.1, 0.15) is 42.3 Å². The standard InChI is InChI=1S/C12H10BrNO2S.C6H6BBrO2.C6H6BrNO2S.CH4/c1-2-16-12(15)10-7-17-11(14-10)8-4-3-5-9(13)6-8;8-6-3-1-2-5(4-6)7(9)10;1-2-10-5(9)4-3-11-6(7)8-4;/h3-7H,2H2,1H3;1-4,9-10H;3H,2H2,1H3;1H4. The minimum atomic E-state index is -1.38. The topological polar surface area (TPSA) is 119 Å². The van der Waals surface area contributed by atoms with Crippen molar-refractivity contribution in [3.8, 4) is 10.6 Å². The Kier molecular flexibility index (Phi) is 16.6. The first-order valence-electron chi connectivity index (χ1n) is 10.9. The summed E-state index contributed by atoms with van der Waals surface area (Å²) in [5, 5.41) is 21.6. The minimum absolute atomic E-state index is 0. The number of hydrogen-bond donors (Lipinski definition) is 2. The van der Waals surface area contributed by atoms with Crippen molar-refractivity contribution in [1.82, 2.24) is 9.97 Å². The van der Waals surface area contributed by atoms with Gasteiger partial charge in [-0.25, -0.2) is 19.6 Å². The van der Waals surface area contributed by atoms with Crippen molar-refractivity contribution < 1.29 is 29.1 Å². The molecule has 0 aliphatic rings. The van der Waals surface area contributed by atoms with Crippen molar-refractivity contribution in [2.24, 2.45) is 0 Å². The van der Waals surface area contributed by atoms with Gasteiger partial charge < -0.3 is 19.5 Å². The van der Waals surface area contributed by atoms with Gasteiger partial charge >= 0.3 is 19.1 Å². The lowest BCUT2D eigenvalue weighted by molar-refractivity contribution is 0.0511. The molecule has 0 radical (unpaired) electrons. The van der Waals surface area contributed by atoms with Gasteiger partial charge in [0.05, 0.1) is 13.2 Å². The molecular formula is C25H26BBr3N2O6S2. The number of halogens is 3. The molecule has 39 heavy (non-hydrogen) atoms. The average molecular weight is 765 g/mol. The predicted molar refractivity (Wildman–Crippen MR) is 168 cm³/mol. The average Bonchev–Trinajstić information content (AvgIpc) is 3.55. The minimum Gasteiger partial charge on any atom is -0.461 e. The van der Waals surface area contributed by atoms with E-state index >= 15 is 0 Å². The van der Waals surface area contributed by atoms with Crippen LogP contribution in [0.2, 0.25) is 0 Å². The number of esters is 2. The molecule has 0 amide bonds. The Bertz CT molecular complexity index is 1340. The maximum Gasteiger partial charge on any atom is 0.488 e. The number of carbonyl (C=O) groups is 2. The van der Waals surface area contributed by atoms with E-state index in [0.29, 0.717) is 34.0 Å². The summed E-state index contributed by atoms with van der Waals surface area (Å²) < 4.78 is 12.2. The first-order chi connectivity index (χ1) is 18.1. The molecule has 0 saturated heterocycles. The van der Waals surface area contributed by atoms with Crippen LogP contribution >= 0.6 is 70.5 Å². The number of benzene rings is 2. The maximum atomic E-state index is 11.5. The van der Waals surface area contributed by atoms with E-state index in [-0.39, 0.29) is 19.4 Å². The maximum absolute atomic E-state index is 11.5. The van der Waals surface area contributed by atoms with Gasteiger partial charge in [0.25, 0.3) is 0 Å². The van der Waals surface area contributed by atoms with Crippen molar-refractivity contribution in [1.29, 1.82) is 0 Å². The molecule has 14 heteroatoms. The molecule has 0 fully saturated rings. The molecule has 0 atom stereocenters. The third-order valence-corrected chi connectivity index (χ3v) is 7.41. The van der Waals surface area contributed by atoms with Crippen LogP contribution in [0.25, 0.3) is 10.6 Å². The highest BCUT2D eigenvalue weighted by Crippen LogP contribution is 2.26. The predicted octanol–water partition coefficient (Wildman–Crippen LogP) is 6.60. The molecule has 0 saturated carbocycles. The zero-order valence-electron chi connectivity index (χ0n) is 20.1. The second-order valence-corrected chi connectivity index (χ2v) is 11.7. The van der Waals surface area contributed by atoms with E-state index in [9.17, 15) is 9.59 Å². The van der Waals surface area contributed by atoms with E-state index in [2.05, 4.69) is 57.8 Å². The van der Waals surface area contributed by atoms with Gasteiger partial charge in [-0.15, -0.1) is 22.7 Å². The van der Waals surface area contributed by atoms with E-state index in [4.69, 9.17) is 19.5 Å². The second-order valence-electron chi connectivity index (χ2n) is 6.90. The molecule has 0 aliphatic carbocycles. The lowest BCUT2D eigenvalue weighted by Crippen LogP contribution is -2.29. The van der Waals surface area contributed by atoms with E-state index in [1.165, 1.54) is 22.7 Å². The molecule has 208 valence electrons. The van der Waals surface area contributed by atoms with E-state index in [1.807, 2.05) is 30.3 Å².